The van der Waals surface area contributed by atoms with Crippen molar-refractivity contribution in [2.24, 2.45) is 12.0 Å². The number of guanidine groups is 1. The van der Waals surface area contributed by atoms with E-state index < -0.39 is 0 Å². The van der Waals surface area contributed by atoms with Gasteiger partial charge in [0.15, 0.2) is 5.96 Å². The van der Waals surface area contributed by atoms with Gasteiger partial charge in [0.25, 0.3) is 5.91 Å². The van der Waals surface area contributed by atoms with Gasteiger partial charge < -0.3 is 16.0 Å². The summed E-state index contributed by atoms with van der Waals surface area (Å²) >= 11 is 3.37. The van der Waals surface area contributed by atoms with Crippen LogP contribution in [0.5, 0.6) is 0 Å². The molecule has 1 aromatic heterocycles. The average molecular weight is 549 g/mol. The van der Waals surface area contributed by atoms with Crippen molar-refractivity contribution in [3.05, 3.63) is 51.3 Å². The third kappa shape index (κ3) is 6.80. The van der Waals surface area contributed by atoms with Crippen molar-refractivity contribution in [2.75, 3.05) is 20.1 Å². The van der Waals surface area contributed by atoms with Gasteiger partial charge >= 0.3 is 0 Å². The Labute approximate surface area is 185 Å². The summed E-state index contributed by atoms with van der Waals surface area (Å²) in [6, 6.07) is 7.31. The Morgan fingerprint density at radius 2 is 1.93 bits per heavy atom. The standard InChI is InChI=1S/C18H25BrN6O.HI/c1-12-16(13(2)25(4)24-12)11-23-18(20-3)22-9-8-21-17(26)14-6-5-7-15(19)10-14;/h5-7,10H,8-9,11H2,1-4H3,(H,21,26)(H2,20,22,23);1H. The molecule has 0 bridgehead atoms. The molecule has 0 aliphatic rings. The molecule has 0 saturated heterocycles. The Bertz CT molecular complexity index is 805. The number of aryl methyl sites for hydroxylation is 2. The lowest BCUT2D eigenvalue weighted by atomic mass is 10.2. The van der Waals surface area contributed by atoms with E-state index in [4.69, 9.17) is 0 Å². The number of rotatable bonds is 6. The summed E-state index contributed by atoms with van der Waals surface area (Å²) in [6.45, 7) is 5.76. The second-order valence-corrected chi connectivity index (χ2v) is 6.81. The third-order valence-corrected chi connectivity index (χ3v) is 4.60. The number of hydrogen-bond donors (Lipinski definition) is 3. The Morgan fingerprint density at radius 1 is 1.22 bits per heavy atom. The summed E-state index contributed by atoms with van der Waals surface area (Å²) in [5, 5.41) is 13.8. The molecule has 0 saturated carbocycles. The summed E-state index contributed by atoms with van der Waals surface area (Å²) < 4.78 is 2.76. The average Bonchev–Trinajstić information content (AvgIpc) is 2.86. The van der Waals surface area contributed by atoms with Crippen LogP contribution in [-0.2, 0) is 13.6 Å². The van der Waals surface area contributed by atoms with Crippen LogP contribution in [0.2, 0.25) is 0 Å². The second-order valence-electron chi connectivity index (χ2n) is 5.89. The molecule has 0 radical (unpaired) electrons. The van der Waals surface area contributed by atoms with Gasteiger partial charge in [-0.1, -0.05) is 22.0 Å². The number of hydrogen-bond acceptors (Lipinski definition) is 3. The van der Waals surface area contributed by atoms with Gasteiger partial charge in [0.2, 0.25) is 0 Å². The van der Waals surface area contributed by atoms with Gasteiger partial charge in [-0.05, 0) is 32.0 Å². The molecule has 1 amide bonds. The van der Waals surface area contributed by atoms with Crippen LogP contribution < -0.4 is 16.0 Å². The maximum absolute atomic E-state index is 12.1. The van der Waals surface area contributed by atoms with Crippen molar-refractivity contribution in [1.82, 2.24) is 25.7 Å². The Balaban J connectivity index is 0.00000364. The molecule has 148 valence electrons. The normalized spacial score (nSPS) is 10.9. The summed E-state index contributed by atoms with van der Waals surface area (Å²) in [4.78, 5) is 16.3. The molecule has 0 aliphatic heterocycles. The predicted octanol–water partition coefficient (Wildman–Crippen LogP) is 2.51. The number of carbonyl (C=O) groups excluding carboxylic acids is 1. The van der Waals surface area contributed by atoms with Crippen LogP contribution in [0, 0.1) is 13.8 Å². The molecular weight excluding hydrogens is 523 g/mol. The van der Waals surface area contributed by atoms with Crippen molar-refractivity contribution in [3.8, 4) is 0 Å². The minimum atomic E-state index is -0.0994. The van der Waals surface area contributed by atoms with Crippen molar-refractivity contribution in [3.63, 3.8) is 0 Å². The maximum atomic E-state index is 12.1. The van der Waals surface area contributed by atoms with E-state index in [-0.39, 0.29) is 29.9 Å². The number of amides is 1. The number of halogens is 2. The first-order valence-electron chi connectivity index (χ1n) is 8.39. The Kier molecular flexibility index (Phi) is 9.78. The van der Waals surface area contributed by atoms with E-state index >= 15 is 0 Å². The molecule has 3 N–H and O–H groups in total. The van der Waals surface area contributed by atoms with Crippen molar-refractivity contribution < 1.29 is 4.79 Å². The monoisotopic (exact) mass is 548 g/mol. The van der Waals surface area contributed by atoms with E-state index in [0.717, 1.165) is 15.9 Å². The third-order valence-electron chi connectivity index (χ3n) is 4.10. The lowest BCUT2D eigenvalue weighted by molar-refractivity contribution is 0.0954. The minimum absolute atomic E-state index is 0. The van der Waals surface area contributed by atoms with Crippen LogP contribution >= 0.6 is 39.9 Å². The summed E-state index contributed by atoms with van der Waals surface area (Å²) in [7, 11) is 3.66. The molecule has 27 heavy (non-hydrogen) atoms. The lowest BCUT2D eigenvalue weighted by Gasteiger charge is -2.12. The van der Waals surface area contributed by atoms with Gasteiger partial charge in [-0.3, -0.25) is 14.5 Å². The largest absolute Gasteiger partial charge is 0.355 e. The van der Waals surface area contributed by atoms with Crippen molar-refractivity contribution in [1.29, 1.82) is 0 Å². The van der Waals surface area contributed by atoms with E-state index in [9.17, 15) is 4.79 Å². The lowest BCUT2D eigenvalue weighted by Crippen LogP contribution is -2.41. The zero-order valence-electron chi connectivity index (χ0n) is 16.0. The highest BCUT2D eigenvalue weighted by atomic mass is 127. The van der Waals surface area contributed by atoms with Crippen molar-refractivity contribution in [2.45, 2.75) is 20.4 Å². The van der Waals surface area contributed by atoms with Gasteiger partial charge in [-0.25, -0.2) is 0 Å². The Morgan fingerprint density at radius 3 is 2.52 bits per heavy atom. The molecule has 0 atom stereocenters. The van der Waals surface area contributed by atoms with Gasteiger partial charge in [0.1, 0.15) is 0 Å². The van der Waals surface area contributed by atoms with Crippen LogP contribution in [0.1, 0.15) is 27.3 Å². The zero-order chi connectivity index (χ0) is 19.1. The van der Waals surface area contributed by atoms with Crippen LogP contribution in [0.15, 0.2) is 33.7 Å². The fraction of sp³-hybridized carbons (Fsp3) is 0.389. The number of benzene rings is 1. The van der Waals surface area contributed by atoms with E-state index in [2.05, 4.69) is 42.0 Å². The van der Waals surface area contributed by atoms with Gasteiger partial charge in [-0.15, -0.1) is 24.0 Å². The molecule has 0 fully saturated rings. The highest BCUT2D eigenvalue weighted by Gasteiger charge is 2.10. The van der Waals surface area contributed by atoms with E-state index in [1.54, 1.807) is 19.2 Å². The summed E-state index contributed by atoms with van der Waals surface area (Å²) in [5.41, 5.74) is 3.93. The first-order valence-corrected chi connectivity index (χ1v) is 9.19. The number of aliphatic imine (C=N–C) groups is 1. The number of carbonyl (C=O) groups is 1. The van der Waals surface area contributed by atoms with E-state index in [0.29, 0.717) is 31.2 Å². The summed E-state index contributed by atoms with van der Waals surface area (Å²) in [5.74, 6) is 0.585. The quantitative estimate of drug-likeness (QED) is 0.224. The molecule has 0 spiro atoms. The fourth-order valence-electron chi connectivity index (χ4n) is 2.55. The minimum Gasteiger partial charge on any atom is -0.355 e. The zero-order valence-corrected chi connectivity index (χ0v) is 19.9. The molecule has 1 heterocycles. The topological polar surface area (TPSA) is 83.3 Å². The summed E-state index contributed by atoms with van der Waals surface area (Å²) in [6.07, 6.45) is 0. The molecule has 2 aromatic rings. The molecule has 9 heteroatoms. The Hall–Kier alpha value is -1.62. The molecular formula is C18H26BrIN6O. The first kappa shape index (κ1) is 23.4. The van der Waals surface area contributed by atoms with Gasteiger partial charge in [0, 0.05) is 55.0 Å². The highest BCUT2D eigenvalue weighted by molar-refractivity contribution is 14.0. The van der Waals surface area contributed by atoms with Crippen LogP contribution in [0.3, 0.4) is 0 Å². The van der Waals surface area contributed by atoms with Crippen LogP contribution in [0.4, 0.5) is 0 Å². The van der Waals surface area contributed by atoms with E-state index in [1.165, 1.54) is 5.56 Å². The second kappa shape index (κ2) is 11.3. The van der Waals surface area contributed by atoms with Crippen LogP contribution in [0.25, 0.3) is 0 Å². The van der Waals surface area contributed by atoms with Gasteiger partial charge in [-0.2, -0.15) is 5.10 Å². The smallest absolute Gasteiger partial charge is 0.251 e. The SMILES string of the molecule is CN=C(NCCNC(=O)c1cccc(Br)c1)NCc1c(C)nn(C)c1C.I. The molecule has 7 nitrogen and oxygen atoms in total. The number of nitrogens with one attached hydrogen (secondary N) is 3. The van der Waals surface area contributed by atoms with Gasteiger partial charge in [0.05, 0.1) is 5.69 Å². The van der Waals surface area contributed by atoms with Crippen LogP contribution in [-0.4, -0.2) is 41.8 Å². The molecule has 1 aromatic carbocycles. The molecule has 0 aliphatic carbocycles. The van der Waals surface area contributed by atoms with E-state index in [1.807, 2.05) is 37.7 Å². The first-order chi connectivity index (χ1) is 12.4. The predicted molar refractivity (Wildman–Crippen MR) is 123 cm³/mol. The molecule has 0 unspecified atom stereocenters. The fourth-order valence-corrected chi connectivity index (χ4v) is 2.95. The molecule has 2 rings (SSSR count). The highest BCUT2D eigenvalue weighted by Crippen LogP contribution is 2.12. The number of aromatic nitrogens is 2. The van der Waals surface area contributed by atoms with Crippen molar-refractivity contribution >= 4 is 51.8 Å². The maximum Gasteiger partial charge on any atom is 0.251 e. The number of nitrogens with zero attached hydrogens (tertiary/aromatic N) is 3.